The fourth-order valence-corrected chi connectivity index (χ4v) is 2.64. The monoisotopic (exact) mass is 314 g/mol. The largest absolute Gasteiger partial charge is 0.457 e. The number of carbonyl (C=O) groups is 1. The lowest BCUT2D eigenvalue weighted by molar-refractivity contribution is -0.116. The SMILES string of the molecule is O=C(CC1CCCN1)Nc1ccc(Oc2cccc(F)c2)cc1. The Morgan fingerprint density at radius 1 is 1.22 bits per heavy atom. The van der Waals surface area contributed by atoms with Gasteiger partial charge in [0.15, 0.2) is 0 Å². The number of amides is 1. The third-order valence-electron chi connectivity index (χ3n) is 3.76. The van der Waals surface area contributed by atoms with E-state index in [1.54, 1.807) is 36.4 Å². The molecule has 1 heterocycles. The molecule has 0 aliphatic carbocycles. The van der Waals surface area contributed by atoms with Crippen molar-refractivity contribution in [2.75, 3.05) is 11.9 Å². The minimum atomic E-state index is -0.341. The van der Waals surface area contributed by atoms with Gasteiger partial charge in [-0.2, -0.15) is 0 Å². The summed E-state index contributed by atoms with van der Waals surface area (Å²) < 4.78 is 18.7. The molecule has 0 radical (unpaired) electrons. The molecule has 1 atom stereocenters. The second-order valence-corrected chi connectivity index (χ2v) is 5.63. The Kier molecular flexibility index (Phi) is 4.88. The molecule has 1 fully saturated rings. The molecule has 0 saturated carbocycles. The normalized spacial score (nSPS) is 17.0. The van der Waals surface area contributed by atoms with Crippen molar-refractivity contribution in [3.05, 3.63) is 54.3 Å². The van der Waals surface area contributed by atoms with Gasteiger partial charge in [-0.3, -0.25) is 4.79 Å². The van der Waals surface area contributed by atoms with E-state index in [1.807, 2.05) is 0 Å². The van der Waals surface area contributed by atoms with E-state index in [1.165, 1.54) is 12.1 Å². The zero-order chi connectivity index (χ0) is 16.1. The van der Waals surface area contributed by atoms with Crippen LogP contribution in [0.25, 0.3) is 0 Å². The first-order valence-electron chi connectivity index (χ1n) is 7.76. The van der Waals surface area contributed by atoms with Gasteiger partial charge in [0.1, 0.15) is 17.3 Å². The molecule has 4 nitrogen and oxygen atoms in total. The Bertz CT molecular complexity index is 667. The van der Waals surface area contributed by atoms with Gasteiger partial charge in [-0.05, 0) is 55.8 Å². The van der Waals surface area contributed by atoms with Crippen molar-refractivity contribution in [1.29, 1.82) is 0 Å². The summed E-state index contributed by atoms with van der Waals surface area (Å²) >= 11 is 0. The molecular weight excluding hydrogens is 295 g/mol. The molecule has 1 amide bonds. The molecule has 2 N–H and O–H groups in total. The highest BCUT2D eigenvalue weighted by Crippen LogP contribution is 2.23. The van der Waals surface area contributed by atoms with E-state index < -0.39 is 0 Å². The Hall–Kier alpha value is -2.40. The molecular formula is C18H19FN2O2. The summed E-state index contributed by atoms with van der Waals surface area (Å²) in [5.74, 6) is 0.690. The number of hydrogen-bond donors (Lipinski definition) is 2. The zero-order valence-corrected chi connectivity index (χ0v) is 12.7. The minimum absolute atomic E-state index is 0.00296. The molecule has 5 heteroatoms. The lowest BCUT2D eigenvalue weighted by Crippen LogP contribution is -2.27. The number of hydrogen-bond acceptors (Lipinski definition) is 3. The Morgan fingerprint density at radius 3 is 2.74 bits per heavy atom. The first-order valence-corrected chi connectivity index (χ1v) is 7.76. The molecule has 0 aromatic heterocycles. The number of rotatable bonds is 5. The van der Waals surface area contributed by atoms with Gasteiger partial charge >= 0.3 is 0 Å². The summed E-state index contributed by atoms with van der Waals surface area (Å²) in [5.41, 5.74) is 0.722. The fourth-order valence-electron chi connectivity index (χ4n) is 2.64. The highest BCUT2D eigenvalue weighted by Gasteiger charge is 2.17. The maximum absolute atomic E-state index is 13.1. The van der Waals surface area contributed by atoms with Crippen LogP contribution in [0.4, 0.5) is 10.1 Å². The predicted molar refractivity (Wildman–Crippen MR) is 87.2 cm³/mol. The van der Waals surface area contributed by atoms with E-state index in [0.717, 1.165) is 25.1 Å². The van der Waals surface area contributed by atoms with E-state index in [-0.39, 0.29) is 17.8 Å². The van der Waals surface area contributed by atoms with Gasteiger partial charge in [0.05, 0.1) is 0 Å². The van der Waals surface area contributed by atoms with Gasteiger partial charge in [-0.1, -0.05) is 6.07 Å². The molecule has 0 bridgehead atoms. The maximum atomic E-state index is 13.1. The van der Waals surface area contributed by atoms with Crippen LogP contribution >= 0.6 is 0 Å². The number of nitrogens with one attached hydrogen (secondary N) is 2. The minimum Gasteiger partial charge on any atom is -0.457 e. The lowest BCUT2D eigenvalue weighted by atomic mass is 10.1. The van der Waals surface area contributed by atoms with E-state index in [2.05, 4.69) is 10.6 Å². The number of ether oxygens (including phenoxy) is 1. The van der Waals surface area contributed by atoms with E-state index >= 15 is 0 Å². The average molecular weight is 314 g/mol. The van der Waals surface area contributed by atoms with Crippen LogP contribution in [0.3, 0.4) is 0 Å². The molecule has 1 unspecified atom stereocenters. The van der Waals surface area contributed by atoms with Crippen LogP contribution in [-0.2, 0) is 4.79 Å². The number of halogens is 1. The molecule has 23 heavy (non-hydrogen) atoms. The molecule has 3 rings (SSSR count). The van der Waals surface area contributed by atoms with Crippen LogP contribution in [0.1, 0.15) is 19.3 Å². The quantitative estimate of drug-likeness (QED) is 0.885. The lowest BCUT2D eigenvalue weighted by Gasteiger charge is -2.11. The predicted octanol–water partition coefficient (Wildman–Crippen LogP) is 3.70. The maximum Gasteiger partial charge on any atom is 0.225 e. The number of benzene rings is 2. The van der Waals surface area contributed by atoms with Crippen LogP contribution in [0.2, 0.25) is 0 Å². The molecule has 0 spiro atoms. The van der Waals surface area contributed by atoms with Gasteiger partial charge in [0.25, 0.3) is 0 Å². The Balaban J connectivity index is 1.55. The summed E-state index contributed by atoms with van der Waals surface area (Å²) in [4.78, 5) is 12.0. The summed E-state index contributed by atoms with van der Waals surface area (Å²) in [5, 5.41) is 6.18. The highest BCUT2D eigenvalue weighted by molar-refractivity contribution is 5.91. The molecule has 120 valence electrons. The Morgan fingerprint density at radius 2 is 2.04 bits per heavy atom. The smallest absolute Gasteiger partial charge is 0.225 e. The van der Waals surface area contributed by atoms with Crippen molar-refractivity contribution in [1.82, 2.24) is 5.32 Å². The number of carbonyl (C=O) groups excluding carboxylic acids is 1. The van der Waals surface area contributed by atoms with Crippen molar-refractivity contribution < 1.29 is 13.9 Å². The standard InChI is InChI=1S/C18H19FN2O2/c19-13-3-1-5-17(11-13)23-16-8-6-14(7-9-16)21-18(22)12-15-4-2-10-20-15/h1,3,5-9,11,15,20H,2,4,10,12H2,(H,21,22). The van der Waals surface area contributed by atoms with E-state index in [4.69, 9.17) is 4.74 Å². The Labute approximate surface area is 134 Å². The second kappa shape index (κ2) is 7.24. The molecule has 1 aliphatic rings. The van der Waals surface area contributed by atoms with Crippen molar-refractivity contribution >= 4 is 11.6 Å². The third-order valence-corrected chi connectivity index (χ3v) is 3.76. The van der Waals surface area contributed by atoms with Crippen LogP contribution in [-0.4, -0.2) is 18.5 Å². The summed E-state index contributed by atoms with van der Waals surface area (Å²) in [7, 11) is 0. The van der Waals surface area contributed by atoms with Crippen molar-refractivity contribution in [2.24, 2.45) is 0 Å². The van der Waals surface area contributed by atoms with Crippen LogP contribution in [0, 0.1) is 5.82 Å². The van der Waals surface area contributed by atoms with Gasteiger partial charge in [-0.25, -0.2) is 4.39 Å². The van der Waals surface area contributed by atoms with E-state index in [9.17, 15) is 9.18 Å². The van der Waals surface area contributed by atoms with Crippen molar-refractivity contribution in [3.8, 4) is 11.5 Å². The fraction of sp³-hybridized carbons (Fsp3) is 0.278. The summed E-state index contributed by atoms with van der Waals surface area (Å²) in [6.45, 7) is 0.990. The van der Waals surface area contributed by atoms with Gasteiger partial charge in [0, 0.05) is 24.2 Å². The van der Waals surface area contributed by atoms with Crippen LogP contribution in [0.15, 0.2) is 48.5 Å². The van der Waals surface area contributed by atoms with Crippen LogP contribution < -0.4 is 15.4 Å². The van der Waals surface area contributed by atoms with Crippen molar-refractivity contribution in [2.45, 2.75) is 25.3 Å². The van der Waals surface area contributed by atoms with Crippen molar-refractivity contribution in [3.63, 3.8) is 0 Å². The number of anilines is 1. The topological polar surface area (TPSA) is 50.4 Å². The van der Waals surface area contributed by atoms with Gasteiger partial charge in [0.2, 0.25) is 5.91 Å². The first kappa shape index (κ1) is 15.5. The highest BCUT2D eigenvalue weighted by atomic mass is 19.1. The first-order chi connectivity index (χ1) is 11.2. The molecule has 2 aromatic rings. The third kappa shape index (κ3) is 4.53. The summed E-state index contributed by atoms with van der Waals surface area (Å²) in [6, 6.07) is 13.3. The van der Waals surface area contributed by atoms with Gasteiger partial charge in [-0.15, -0.1) is 0 Å². The van der Waals surface area contributed by atoms with E-state index in [0.29, 0.717) is 17.9 Å². The molecule has 1 saturated heterocycles. The zero-order valence-electron chi connectivity index (χ0n) is 12.7. The van der Waals surface area contributed by atoms with Crippen LogP contribution in [0.5, 0.6) is 11.5 Å². The molecule has 2 aromatic carbocycles. The average Bonchev–Trinajstić information content (AvgIpc) is 3.02. The molecule has 1 aliphatic heterocycles. The summed E-state index contributed by atoms with van der Waals surface area (Å²) in [6.07, 6.45) is 2.67. The van der Waals surface area contributed by atoms with Gasteiger partial charge < -0.3 is 15.4 Å². The second-order valence-electron chi connectivity index (χ2n) is 5.63.